The standard InChI is InChI=1S/C10H15NO5S2/c1-6-5-8(17-9(6)10(13)14)18(15,16)11-4-3-7(2)12/h5,7,11-12H,3-4H2,1-2H3,(H,13,14). The number of carboxylic acid groups (broad SMARTS) is 1. The number of sulfonamides is 1. The molecule has 0 amide bonds. The molecule has 1 unspecified atom stereocenters. The molecule has 3 N–H and O–H groups in total. The highest BCUT2D eigenvalue weighted by molar-refractivity contribution is 7.91. The number of nitrogens with one attached hydrogen (secondary N) is 1. The fourth-order valence-corrected chi connectivity index (χ4v) is 3.74. The Morgan fingerprint density at radius 3 is 2.61 bits per heavy atom. The summed E-state index contributed by atoms with van der Waals surface area (Å²) in [7, 11) is -3.70. The lowest BCUT2D eigenvalue weighted by Gasteiger charge is -2.05. The zero-order valence-corrected chi connectivity index (χ0v) is 11.6. The van der Waals surface area contributed by atoms with Gasteiger partial charge in [0.1, 0.15) is 9.09 Å². The van der Waals surface area contributed by atoms with Gasteiger partial charge in [-0.2, -0.15) is 0 Å². The zero-order chi connectivity index (χ0) is 13.9. The van der Waals surface area contributed by atoms with E-state index in [0.29, 0.717) is 12.0 Å². The molecule has 0 bridgehead atoms. The highest BCUT2D eigenvalue weighted by Crippen LogP contribution is 2.25. The topological polar surface area (TPSA) is 104 Å². The summed E-state index contributed by atoms with van der Waals surface area (Å²) in [6.07, 6.45) is -0.289. The highest BCUT2D eigenvalue weighted by Gasteiger charge is 2.21. The Labute approximate surface area is 109 Å². The SMILES string of the molecule is Cc1cc(S(=O)(=O)NCCC(C)O)sc1C(=O)O. The average molecular weight is 293 g/mol. The molecule has 8 heteroatoms. The molecule has 0 fully saturated rings. The van der Waals surface area contributed by atoms with Crippen LogP contribution in [0.2, 0.25) is 0 Å². The van der Waals surface area contributed by atoms with Crippen LogP contribution in [0.15, 0.2) is 10.3 Å². The van der Waals surface area contributed by atoms with Crippen molar-refractivity contribution < 1.29 is 23.4 Å². The van der Waals surface area contributed by atoms with E-state index >= 15 is 0 Å². The molecule has 6 nitrogen and oxygen atoms in total. The molecule has 0 radical (unpaired) electrons. The molecule has 0 spiro atoms. The van der Waals surface area contributed by atoms with Crippen molar-refractivity contribution >= 4 is 27.3 Å². The van der Waals surface area contributed by atoms with Gasteiger partial charge in [0.05, 0.1) is 6.10 Å². The second kappa shape index (κ2) is 5.79. The third-order valence-electron chi connectivity index (χ3n) is 2.21. The Morgan fingerprint density at radius 2 is 2.17 bits per heavy atom. The van der Waals surface area contributed by atoms with Gasteiger partial charge >= 0.3 is 5.97 Å². The molecule has 0 aliphatic carbocycles. The van der Waals surface area contributed by atoms with Gasteiger partial charge in [0.15, 0.2) is 0 Å². The van der Waals surface area contributed by atoms with E-state index in [9.17, 15) is 13.2 Å². The second-order valence-electron chi connectivity index (χ2n) is 3.92. The maximum Gasteiger partial charge on any atom is 0.346 e. The van der Waals surface area contributed by atoms with E-state index in [4.69, 9.17) is 10.2 Å². The monoisotopic (exact) mass is 293 g/mol. The van der Waals surface area contributed by atoms with E-state index in [2.05, 4.69) is 4.72 Å². The van der Waals surface area contributed by atoms with Gasteiger partial charge in [-0.15, -0.1) is 11.3 Å². The van der Waals surface area contributed by atoms with Crippen LogP contribution in [0.25, 0.3) is 0 Å². The summed E-state index contributed by atoms with van der Waals surface area (Å²) in [5, 5.41) is 17.9. The minimum atomic E-state index is -3.70. The molecule has 1 heterocycles. The molecule has 102 valence electrons. The van der Waals surface area contributed by atoms with Gasteiger partial charge in [-0.1, -0.05) is 0 Å². The predicted molar refractivity (Wildman–Crippen MR) is 67.5 cm³/mol. The molecule has 1 rings (SSSR count). The Morgan fingerprint density at radius 1 is 1.56 bits per heavy atom. The van der Waals surface area contributed by atoms with Gasteiger partial charge in [-0.05, 0) is 31.9 Å². The Kier molecular flexibility index (Phi) is 4.85. The normalized spacial score (nSPS) is 13.5. The number of hydrogen-bond donors (Lipinski definition) is 3. The molecule has 0 aliphatic rings. The third kappa shape index (κ3) is 3.77. The second-order valence-corrected chi connectivity index (χ2v) is 6.96. The van der Waals surface area contributed by atoms with Crippen LogP contribution in [0.1, 0.15) is 28.6 Å². The molecule has 1 aromatic rings. The first-order valence-corrected chi connectivity index (χ1v) is 7.55. The summed E-state index contributed by atoms with van der Waals surface area (Å²) in [6, 6.07) is 1.33. The van der Waals surface area contributed by atoms with Crippen LogP contribution in [-0.2, 0) is 10.0 Å². The maximum absolute atomic E-state index is 11.8. The maximum atomic E-state index is 11.8. The highest BCUT2D eigenvalue weighted by atomic mass is 32.2. The lowest BCUT2D eigenvalue weighted by molar-refractivity contribution is 0.0701. The fourth-order valence-electron chi connectivity index (χ4n) is 1.27. The zero-order valence-electron chi connectivity index (χ0n) is 10.0. The summed E-state index contributed by atoms with van der Waals surface area (Å²) in [6.45, 7) is 3.22. The number of aromatic carboxylic acids is 1. The number of hydrogen-bond acceptors (Lipinski definition) is 5. The van der Waals surface area contributed by atoms with Crippen molar-refractivity contribution in [2.45, 2.75) is 30.6 Å². The summed E-state index contributed by atoms with van der Waals surface area (Å²) < 4.78 is 25.9. The van der Waals surface area contributed by atoms with Crippen LogP contribution in [0, 0.1) is 6.92 Å². The summed E-state index contributed by atoms with van der Waals surface area (Å²) in [4.78, 5) is 10.8. The Hall–Kier alpha value is -0.960. The van der Waals surface area contributed by atoms with E-state index < -0.39 is 22.1 Å². The van der Waals surface area contributed by atoms with Crippen molar-refractivity contribution in [2.75, 3.05) is 6.54 Å². The minimum absolute atomic E-state index is 0.0194. The molecular weight excluding hydrogens is 278 g/mol. The molecule has 0 aromatic carbocycles. The molecule has 0 saturated carbocycles. The lowest BCUT2D eigenvalue weighted by atomic mass is 10.3. The first-order chi connectivity index (χ1) is 8.24. The van der Waals surface area contributed by atoms with Crippen LogP contribution in [-0.4, -0.2) is 37.2 Å². The number of carboxylic acids is 1. The van der Waals surface area contributed by atoms with Crippen LogP contribution in [0.5, 0.6) is 0 Å². The van der Waals surface area contributed by atoms with Crippen molar-refractivity contribution in [3.63, 3.8) is 0 Å². The number of aliphatic hydroxyl groups is 1. The van der Waals surface area contributed by atoms with Crippen molar-refractivity contribution in [2.24, 2.45) is 0 Å². The van der Waals surface area contributed by atoms with E-state index in [0.717, 1.165) is 11.3 Å². The van der Waals surface area contributed by atoms with Crippen LogP contribution >= 0.6 is 11.3 Å². The van der Waals surface area contributed by atoms with Gasteiger partial charge < -0.3 is 10.2 Å². The van der Waals surface area contributed by atoms with Gasteiger partial charge in [-0.3, -0.25) is 0 Å². The minimum Gasteiger partial charge on any atom is -0.477 e. The van der Waals surface area contributed by atoms with Gasteiger partial charge in [0.25, 0.3) is 0 Å². The Bertz CT molecular complexity index is 532. The first kappa shape index (κ1) is 15.1. The van der Waals surface area contributed by atoms with Gasteiger partial charge in [-0.25, -0.2) is 17.9 Å². The lowest BCUT2D eigenvalue weighted by Crippen LogP contribution is -2.26. The molecule has 1 aromatic heterocycles. The molecule has 18 heavy (non-hydrogen) atoms. The summed E-state index contributed by atoms with van der Waals surface area (Å²) >= 11 is 0.721. The third-order valence-corrected chi connectivity index (χ3v) is 5.37. The molecular formula is C10H15NO5S2. The van der Waals surface area contributed by atoms with Crippen LogP contribution < -0.4 is 4.72 Å². The predicted octanol–water partition coefficient (Wildman–Crippen LogP) is 0.804. The number of aryl methyl sites for hydroxylation is 1. The van der Waals surface area contributed by atoms with E-state index in [1.807, 2.05) is 0 Å². The fraction of sp³-hybridized carbons (Fsp3) is 0.500. The number of rotatable bonds is 6. The quantitative estimate of drug-likeness (QED) is 0.720. The van der Waals surface area contributed by atoms with E-state index in [1.165, 1.54) is 6.07 Å². The number of thiophene rings is 1. The molecule has 0 saturated heterocycles. The van der Waals surface area contributed by atoms with Crippen molar-refractivity contribution in [3.8, 4) is 0 Å². The van der Waals surface area contributed by atoms with Crippen molar-refractivity contribution in [3.05, 3.63) is 16.5 Å². The number of carbonyl (C=O) groups is 1. The first-order valence-electron chi connectivity index (χ1n) is 5.25. The smallest absolute Gasteiger partial charge is 0.346 e. The number of aliphatic hydroxyl groups excluding tert-OH is 1. The van der Waals surface area contributed by atoms with E-state index in [-0.39, 0.29) is 15.6 Å². The van der Waals surface area contributed by atoms with Crippen LogP contribution in [0.3, 0.4) is 0 Å². The van der Waals surface area contributed by atoms with Gasteiger partial charge in [0.2, 0.25) is 10.0 Å². The summed E-state index contributed by atoms with van der Waals surface area (Å²) in [5.41, 5.74) is 0.420. The molecule has 0 aliphatic heterocycles. The largest absolute Gasteiger partial charge is 0.477 e. The van der Waals surface area contributed by atoms with Crippen LogP contribution in [0.4, 0.5) is 0 Å². The van der Waals surface area contributed by atoms with E-state index in [1.54, 1.807) is 13.8 Å². The average Bonchev–Trinajstić information content (AvgIpc) is 2.60. The van der Waals surface area contributed by atoms with Crippen molar-refractivity contribution in [1.29, 1.82) is 0 Å². The Balaban J connectivity index is 2.85. The van der Waals surface area contributed by atoms with Crippen molar-refractivity contribution in [1.82, 2.24) is 4.72 Å². The summed E-state index contributed by atoms with van der Waals surface area (Å²) in [5.74, 6) is -1.14. The molecule has 1 atom stereocenters. The van der Waals surface area contributed by atoms with Gasteiger partial charge in [0, 0.05) is 6.54 Å².